The van der Waals surface area contributed by atoms with E-state index in [9.17, 15) is 9.90 Å². The van der Waals surface area contributed by atoms with Crippen LogP contribution in [0.5, 0.6) is 0 Å². The SMILES string of the molecule is Cc1cc(C)c(CN2CC3C(C2)C3NC(=O)C(O)(c2ccccc2)C2CCCC2)c(C)c1. The smallest absolute Gasteiger partial charge is 0.257 e. The van der Waals surface area contributed by atoms with Gasteiger partial charge < -0.3 is 10.4 Å². The number of carbonyl (C=O) groups excluding carboxylic acids is 1. The van der Waals surface area contributed by atoms with Gasteiger partial charge in [0.25, 0.3) is 5.91 Å². The molecular weight excluding hydrogens is 396 g/mol. The lowest BCUT2D eigenvalue weighted by Crippen LogP contribution is -2.50. The second kappa shape index (κ2) is 8.31. The fourth-order valence-corrected chi connectivity index (χ4v) is 6.49. The number of piperidine rings is 1. The molecule has 2 aromatic carbocycles. The maximum absolute atomic E-state index is 13.5. The Bertz CT molecular complexity index is 963. The highest BCUT2D eigenvalue weighted by Gasteiger charge is 2.58. The molecule has 5 rings (SSSR count). The van der Waals surface area contributed by atoms with Crippen molar-refractivity contribution in [3.63, 3.8) is 0 Å². The van der Waals surface area contributed by atoms with E-state index in [1.165, 1.54) is 22.3 Å². The van der Waals surface area contributed by atoms with Gasteiger partial charge in [0.2, 0.25) is 0 Å². The van der Waals surface area contributed by atoms with Crippen LogP contribution in [-0.4, -0.2) is 35.0 Å². The number of carbonyl (C=O) groups is 1. The number of nitrogens with one attached hydrogen (secondary N) is 1. The third-order valence-electron chi connectivity index (χ3n) is 8.30. The first-order chi connectivity index (χ1) is 15.4. The number of nitrogens with zero attached hydrogens (tertiary/aromatic N) is 1. The van der Waals surface area contributed by atoms with Gasteiger partial charge in [0.05, 0.1) is 0 Å². The van der Waals surface area contributed by atoms with E-state index < -0.39 is 5.60 Å². The second-order valence-corrected chi connectivity index (χ2v) is 10.5. The number of rotatable bonds is 6. The Balaban J connectivity index is 1.24. The fourth-order valence-electron chi connectivity index (χ4n) is 6.49. The highest BCUT2D eigenvalue weighted by molar-refractivity contribution is 5.87. The first kappa shape index (κ1) is 21.7. The molecule has 2 aromatic rings. The molecule has 3 atom stereocenters. The van der Waals surface area contributed by atoms with Crippen molar-refractivity contribution < 1.29 is 9.90 Å². The fraction of sp³-hybridized carbons (Fsp3) is 0.536. The zero-order valence-electron chi connectivity index (χ0n) is 19.6. The van der Waals surface area contributed by atoms with Gasteiger partial charge in [-0.3, -0.25) is 9.69 Å². The standard InChI is InChI=1S/C28H36N2O2/c1-18-13-19(2)23(20(3)14-18)15-30-16-24-25(17-30)26(24)29-27(31)28(32,22-11-7-8-12-22)21-9-5-4-6-10-21/h4-6,9-10,13-14,22,24-26,32H,7-8,11-12,15-17H2,1-3H3,(H,29,31). The quantitative estimate of drug-likeness (QED) is 0.718. The van der Waals surface area contributed by atoms with Gasteiger partial charge in [0.15, 0.2) is 5.60 Å². The number of hydrogen-bond acceptors (Lipinski definition) is 3. The van der Waals surface area contributed by atoms with Crippen LogP contribution in [-0.2, 0) is 16.9 Å². The summed E-state index contributed by atoms with van der Waals surface area (Å²) in [6.45, 7) is 9.61. The van der Waals surface area contributed by atoms with Gasteiger partial charge in [-0.1, -0.05) is 60.9 Å². The topological polar surface area (TPSA) is 52.6 Å². The predicted octanol–water partition coefficient (Wildman–Crippen LogP) is 4.24. The molecule has 0 radical (unpaired) electrons. The summed E-state index contributed by atoms with van der Waals surface area (Å²) < 4.78 is 0. The van der Waals surface area contributed by atoms with Crippen molar-refractivity contribution in [1.82, 2.24) is 10.2 Å². The third kappa shape index (κ3) is 3.78. The predicted molar refractivity (Wildman–Crippen MR) is 127 cm³/mol. The molecule has 4 nitrogen and oxygen atoms in total. The van der Waals surface area contributed by atoms with Crippen molar-refractivity contribution in [3.8, 4) is 0 Å². The number of aryl methyl sites for hydroxylation is 3. The molecule has 0 bridgehead atoms. The Morgan fingerprint density at radius 1 is 1.03 bits per heavy atom. The lowest BCUT2D eigenvalue weighted by atomic mass is 9.79. The number of aliphatic hydroxyl groups is 1. The zero-order valence-corrected chi connectivity index (χ0v) is 19.6. The molecule has 2 saturated carbocycles. The summed E-state index contributed by atoms with van der Waals surface area (Å²) in [5.74, 6) is 0.835. The minimum Gasteiger partial charge on any atom is -0.375 e. The van der Waals surface area contributed by atoms with Crippen molar-refractivity contribution >= 4 is 5.91 Å². The van der Waals surface area contributed by atoms with Gasteiger partial charge in [-0.15, -0.1) is 0 Å². The lowest BCUT2D eigenvalue weighted by molar-refractivity contribution is -0.147. The van der Waals surface area contributed by atoms with Gasteiger partial charge in [-0.2, -0.15) is 0 Å². The molecule has 3 aliphatic rings. The van der Waals surface area contributed by atoms with Gasteiger partial charge in [0.1, 0.15) is 0 Å². The maximum Gasteiger partial charge on any atom is 0.257 e. The number of hydrogen-bond donors (Lipinski definition) is 2. The highest BCUT2D eigenvalue weighted by atomic mass is 16.3. The Morgan fingerprint density at radius 3 is 2.22 bits per heavy atom. The zero-order chi connectivity index (χ0) is 22.5. The summed E-state index contributed by atoms with van der Waals surface area (Å²) in [6.07, 6.45) is 4.02. The molecule has 2 N–H and O–H groups in total. The molecule has 3 fully saturated rings. The van der Waals surface area contributed by atoms with E-state index in [1.807, 2.05) is 30.3 Å². The molecular formula is C28H36N2O2. The van der Waals surface area contributed by atoms with Crippen LogP contribution >= 0.6 is 0 Å². The van der Waals surface area contributed by atoms with Crippen LogP contribution in [0.2, 0.25) is 0 Å². The van der Waals surface area contributed by atoms with E-state index in [0.717, 1.165) is 50.9 Å². The number of amides is 1. The first-order valence-electron chi connectivity index (χ1n) is 12.3. The minimum absolute atomic E-state index is 0.00692. The van der Waals surface area contributed by atoms with E-state index in [0.29, 0.717) is 11.8 Å². The van der Waals surface area contributed by atoms with E-state index in [-0.39, 0.29) is 17.9 Å². The van der Waals surface area contributed by atoms with Crippen molar-refractivity contribution in [1.29, 1.82) is 0 Å². The molecule has 3 unspecified atom stereocenters. The summed E-state index contributed by atoms with van der Waals surface area (Å²) in [5.41, 5.74) is 4.84. The normalized spacial score (nSPS) is 27.2. The van der Waals surface area contributed by atoms with Gasteiger partial charge in [0, 0.05) is 31.6 Å². The molecule has 1 saturated heterocycles. The van der Waals surface area contributed by atoms with Crippen molar-refractivity contribution in [2.75, 3.05) is 13.1 Å². The summed E-state index contributed by atoms with van der Waals surface area (Å²) in [4.78, 5) is 16.0. The lowest BCUT2D eigenvalue weighted by Gasteiger charge is -2.33. The van der Waals surface area contributed by atoms with Gasteiger partial charge in [-0.25, -0.2) is 0 Å². The van der Waals surface area contributed by atoms with E-state index in [1.54, 1.807) is 0 Å². The molecule has 1 aliphatic heterocycles. The van der Waals surface area contributed by atoms with Crippen molar-refractivity contribution in [3.05, 3.63) is 70.3 Å². The van der Waals surface area contributed by atoms with Crippen LogP contribution in [0, 0.1) is 38.5 Å². The minimum atomic E-state index is -1.41. The summed E-state index contributed by atoms with van der Waals surface area (Å²) in [6, 6.07) is 14.3. The van der Waals surface area contributed by atoms with E-state index in [2.05, 4.69) is 43.1 Å². The first-order valence-corrected chi connectivity index (χ1v) is 12.3. The van der Waals surface area contributed by atoms with E-state index in [4.69, 9.17) is 0 Å². The number of likely N-dealkylation sites (tertiary alicyclic amines) is 1. The van der Waals surface area contributed by atoms with Crippen LogP contribution < -0.4 is 5.32 Å². The molecule has 1 heterocycles. The van der Waals surface area contributed by atoms with Crippen LogP contribution in [0.4, 0.5) is 0 Å². The summed E-state index contributed by atoms with van der Waals surface area (Å²) >= 11 is 0. The van der Waals surface area contributed by atoms with Crippen LogP contribution in [0.15, 0.2) is 42.5 Å². The van der Waals surface area contributed by atoms with Crippen LogP contribution in [0.25, 0.3) is 0 Å². The summed E-state index contributed by atoms with van der Waals surface area (Å²) in [7, 11) is 0. The Kier molecular flexibility index (Phi) is 5.63. The average molecular weight is 433 g/mol. The molecule has 2 aliphatic carbocycles. The summed E-state index contributed by atoms with van der Waals surface area (Å²) in [5, 5.41) is 15.0. The third-order valence-corrected chi connectivity index (χ3v) is 8.30. The Hall–Kier alpha value is -2.17. The molecule has 4 heteroatoms. The van der Waals surface area contributed by atoms with Crippen LogP contribution in [0.1, 0.15) is 53.5 Å². The Labute approximate surface area is 192 Å². The molecule has 0 aromatic heterocycles. The van der Waals surface area contributed by atoms with E-state index >= 15 is 0 Å². The largest absolute Gasteiger partial charge is 0.375 e. The second-order valence-electron chi connectivity index (χ2n) is 10.5. The van der Waals surface area contributed by atoms with Crippen molar-refractivity contribution in [2.24, 2.45) is 17.8 Å². The molecule has 32 heavy (non-hydrogen) atoms. The Morgan fingerprint density at radius 2 is 1.62 bits per heavy atom. The average Bonchev–Trinajstić information content (AvgIpc) is 3.18. The highest BCUT2D eigenvalue weighted by Crippen LogP contribution is 2.47. The monoisotopic (exact) mass is 432 g/mol. The van der Waals surface area contributed by atoms with Gasteiger partial charge >= 0.3 is 0 Å². The number of fused-ring (bicyclic) bond motifs is 1. The molecule has 170 valence electrons. The molecule has 1 amide bonds. The van der Waals surface area contributed by atoms with Gasteiger partial charge in [-0.05, 0) is 67.7 Å². The van der Waals surface area contributed by atoms with Crippen molar-refractivity contribution in [2.45, 2.75) is 64.6 Å². The van der Waals surface area contributed by atoms with Crippen LogP contribution in [0.3, 0.4) is 0 Å². The maximum atomic E-state index is 13.5. The molecule has 0 spiro atoms. The number of benzene rings is 2.